The van der Waals surface area contributed by atoms with Crippen LogP contribution in [0.25, 0.3) is 22.4 Å². The van der Waals surface area contributed by atoms with Crippen molar-refractivity contribution >= 4 is 27.1 Å². The summed E-state index contributed by atoms with van der Waals surface area (Å²) >= 11 is 0. The second-order valence-electron chi connectivity index (χ2n) is 8.29. The third kappa shape index (κ3) is 5.05. The standard InChI is InChI=1S/C21H29N7O3S/c1-3-15(13-29)25-21-24-10-16(19-11-23-20-17(26-19)6-7-22-20)18(27-21)9-14-5-4-8-28(12-14)32(2,30)31/h6-7,10-11,14-15,29H,3-5,8-9,12-13H2,1-2H3,(H,22,23)(H,24,25,27)/t14-,15-/m1/s1. The van der Waals surface area contributed by atoms with Crippen LogP contribution in [-0.2, 0) is 16.4 Å². The first-order valence-corrected chi connectivity index (χ1v) is 12.7. The van der Waals surface area contributed by atoms with Gasteiger partial charge in [0.25, 0.3) is 0 Å². The van der Waals surface area contributed by atoms with Crippen molar-refractivity contribution in [3.8, 4) is 11.3 Å². The molecule has 0 unspecified atom stereocenters. The van der Waals surface area contributed by atoms with E-state index in [1.165, 1.54) is 6.26 Å². The molecule has 0 aliphatic carbocycles. The summed E-state index contributed by atoms with van der Waals surface area (Å²) in [6, 6.07) is 1.72. The highest BCUT2D eigenvalue weighted by Crippen LogP contribution is 2.28. The molecule has 1 aliphatic rings. The van der Waals surface area contributed by atoms with Crippen LogP contribution in [0.4, 0.5) is 5.95 Å². The van der Waals surface area contributed by atoms with E-state index in [4.69, 9.17) is 9.97 Å². The van der Waals surface area contributed by atoms with Gasteiger partial charge in [-0.05, 0) is 37.7 Å². The van der Waals surface area contributed by atoms with E-state index in [9.17, 15) is 13.5 Å². The van der Waals surface area contributed by atoms with Crippen molar-refractivity contribution in [3.05, 3.63) is 30.4 Å². The summed E-state index contributed by atoms with van der Waals surface area (Å²) in [7, 11) is -3.23. The fraction of sp³-hybridized carbons (Fsp3) is 0.524. The fourth-order valence-electron chi connectivity index (χ4n) is 4.04. The highest BCUT2D eigenvalue weighted by atomic mass is 32.2. The molecule has 0 radical (unpaired) electrons. The molecule has 0 saturated carbocycles. The zero-order chi connectivity index (χ0) is 22.7. The number of fused-ring (bicyclic) bond motifs is 1. The molecule has 1 fully saturated rings. The molecule has 2 atom stereocenters. The molecule has 0 aromatic carbocycles. The largest absolute Gasteiger partial charge is 0.394 e. The summed E-state index contributed by atoms with van der Waals surface area (Å²) in [6.07, 6.45) is 9.56. The SMILES string of the molecule is CC[C@H](CO)Nc1ncc(-c2cnc3[nH]ccc3n2)c(C[C@H]2CCCN(S(C)(=O)=O)C2)n1. The van der Waals surface area contributed by atoms with Gasteiger partial charge in [0.2, 0.25) is 16.0 Å². The number of H-pyrrole nitrogens is 1. The van der Waals surface area contributed by atoms with E-state index in [0.717, 1.165) is 36.0 Å². The predicted octanol–water partition coefficient (Wildman–Crippen LogP) is 1.81. The number of aromatic amines is 1. The van der Waals surface area contributed by atoms with Crippen LogP contribution in [-0.4, -0.2) is 74.7 Å². The topological polar surface area (TPSA) is 137 Å². The van der Waals surface area contributed by atoms with Crippen LogP contribution in [0, 0.1) is 5.92 Å². The van der Waals surface area contributed by atoms with Gasteiger partial charge in [-0.15, -0.1) is 0 Å². The van der Waals surface area contributed by atoms with E-state index in [1.807, 2.05) is 13.0 Å². The molecular weight excluding hydrogens is 430 g/mol. The lowest BCUT2D eigenvalue weighted by Crippen LogP contribution is -2.40. The average Bonchev–Trinajstić information content (AvgIpc) is 3.25. The third-order valence-corrected chi connectivity index (χ3v) is 7.15. The Morgan fingerprint density at radius 1 is 1.31 bits per heavy atom. The molecule has 11 heteroatoms. The monoisotopic (exact) mass is 459 g/mol. The zero-order valence-corrected chi connectivity index (χ0v) is 19.1. The van der Waals surface area contributed by atoms with Crippen molar-refractivity contribution in [2.75, 3.05) is 31.3 Å². The Hall–Kier alpha value is -2.63. The van der Waals surface area contributed by atoms with Crippen molar-refractivity contribution < 1.29 is 13.5 Å². The van der Waals surface area contributed by atoms with Crippen molar-refractivity contribution in [1.29, 1.82) is 0 Å². The molecule has 1 saturated heterocycles. The minimum Gasteiger partial charge on any atom is -0.394 e. The predicted molar refractivity (Wildman–Crippen MR) is 123 cm³/mol. The molecule has 0 spiro atoms. The Balaban J connectivity index is 1.67. The lowest BCUT2D eigenvalue weighted by molar-refractivity contribution is 0.265. The Morgan fingerprint density at radius 3 is 2.91 bits per heavy atom. The van der Waals surface area contributed by atoms with E-state index < -0.39 is 10.0 Å². The molecule has 4 heterocycles. The highest BCUT2D eigenvalue weighted by molar-refractivity contribution is 7.88. The molecule has 10 nitrogen and oxygen atoms in total. The second-order valence-corrected chi connectivity index (χ2v) is 10.3. The van der Waals surface area contributed by atoms with E-state index in [-0.39, 0.29) is 18.6 Å². The van der Waals surface area contributed by atoms with Crippen molar-refractivity contribution in [2.24, 2.45) is 5.92 Å². The van der Waals surface area contributed by atoms with Gasteiger partial charge in [0, 0.05) is 31.0 Å². The first-order valence-electron chi connectivity index (χ1n) is 10.9. The van der Waals surface area contributed by atoms with Gasteiger partial charge in [-0.2, -0.15) is 0 Å². The molecule has 32 heavy (non-hydrogen) atoms. The van der Waals surface area contributed by atoms with E-state index in [1.54, 1.807) is 22.9 Å². The lowest BCUT2D eigenvalue weighted by Gasteiger charge is -2.31. The number of piperidine rings is 1. The van der Waals surface area contributed by atoms with Crippen molar-refractivity contribution in [2.45, 2.75) is 38.6 Å². The summed E-state index contributed by atoms with van der Waals surface area (Å²) in [5, 5.41) is 12.7. The van der Waals surface area contributed by atoms with Gasteiger partial charge in [-0.3, -0.25) is 0 Å². The van der Waals surface area contributed by atoms with Crippen LogP contribution in [0.3, 0.4) is 0 Å². The minimum atomic E-state index is -3.23. The normalized spacial score (nSPS) is 18.7. The van der Waals surface area contributed by atoms with Crippen LogP contribution in [0.2, 0.25) is 0 Å². The van der Waals surface area contributed by atoms with E-state index in [2.05, 4.69) is 20.3 Å². The van der Waals surface area contributed by atoms with E-state index in [0.29, 0.717) is 36.8 Å². The zero-order valence-electron chi connectivity index (χ0n) is 18.3. The number of anilines is 1. The van der Waals surface area contributed by atoms with Gasteiger partial charge in [-0.25, -0.2) is 32.7 Å². The molecule has 3 aromatic rings. The average molecular weight is 460 g/mol. The molecule has 4 rings (SSSR count). The summed E-state index contributed by atoms with van der Waals surface area (Å²) < 4.78 is 25.7. The smallest absolute Gasteiger partial charge is 0.223 e. The summed E-state index contributed by atoms with van der Waals surface area (Å²) in [4.78, 5) is 21.4. The van der Waals surface area contributed by atoms with Crippen LogP contribution in [0.5, 0.6) is 0 Å². The molecular formula is C21H29N7O3S. The van der Waals surface area contributed by atoms with Crippen LogP contribution < -0.4 is 5.32 Å². The van der Waals surface area contributed by atoms with E-state index >= 15 is 0 Å². The first kappa shape index (κ1) is 22.6. The van der Waals surface area contributed by atoms with Crippen molar-refractivity contribution in [1.82, 2.24) is 29.2 Å². The number of aliphatic hydroxyl groups is 1. The molecule has 0 amide bonds. The maximum Gasteiger partial charge on any atom is 0.223 e. The minimum absolute atomic E-state index is 0.0154. The fourth-order valence-corrected chi connectivity index (χ4v) is 4.99. The number of nitrogens with one attached hydrogen (secondary N) is 2. The van der Waals surface area contributed by atoms with Gasteiger partial charge in [-0.1, -0.05) is 6.92 Å². The molecule has 1 aliphatic heterocycles. The van der Waals surface area contributed by atoms with Gasteiger partial charge >= 0.3 is 0 Å². The van der Waals surface area contributed by atoms with Gasteiger partial charge < -0.3 is 15.4 Å². The maximum absolute atomic E-state index is 12.1. The number of aliphatic hydroxyl groups excluding tert-OH is 1. The Bertz CT molecular complexity index is 1180. The second kappa shape index (κ2) is 9.47. The number of aromatic nitrogens is 5. The summed E-state index contributed by atoms with van der Waals surface area (Å²) in [5.41, 5.74) is 3.70. The number of sulfonamides is 1. The summed E-state index contributed by atoms with van der Waals surface area (Å²) in [6.45, 7) is 3.00. The van der Waals surface area contributed by atoms with Gasteiger partial charge in [0.15, 0.2) is 5.65 Å². The highest BCUT2D eigenvalue weighted by Gasteiger charge is 2.27. The van der Waals surface area contributed by atoms with Crippen LogP contribution in [0.15, 0.2) is 24.7 Å². The lowest BCUT2D eigenvalue weighted by atomic mass is 9.92. The number of nitrogens with zero attached hydrogens (tertiary/aromatic N) is 5. The number of hydrogen-bond donors (Lipinski definition) is 3. The maximum atomic E-state index is 12.1. The molecule has 0 bridgehead atoms. The number of hydrogen-bond acceptors (Lipinski definition) is 8. The number of rotatable bonds is 8. The van der Waals surface area contributed by atoms with Crippen molar-refractivity contribution in [3.63, 3.8) is 0 Å². The van der Waals surface area contributed by atoms with Gasteiger partial charge in [0.1, 0.15) is 5.52 Å². The Labute approximate surface area is 187 Å². The molecule has 172 valence electrons. The Kier molecular flexibility index (Phi) is 6.68. The molecule has 3 N–H and O–H groups in total. The van der Waals surface area contributed by atoms with Crippen LogP contribution in [0.1, 0.15) is 31.9 Å². The summed E-state index contributed by atoms with van der Waals surface area (Å²) in [5.74, 6) is 0.583. The third-order valence-electron chi connectivity index (χ3n) is 5.88. The molecule has 3 aromatic heterocycles. The quantitative estimate of drug-likeness (QED) is 0.464. The van der Waals surface area contributed by atoms with Gasteiger partial charge in [0.05, 0.1) is 36.5 Å². The Morgan fingerprint density at radius 2 is 2.16 bits per heavy atom. The first-order chi connectivity index (χ1) is 15.4. The van der Waals surface area contributed by atoms with Crippen LogP contribution >= 0.6 is 0 Å².